The van der Waals surface area contributed by atoms with E-state index in [0.717, 1.165) is 6.04 Å². The molecule has 2 fully saturated rings. The molecule has 18 heavy (non-hydrogen) atoms. The molecule has 0 amide bonds. The summed E-state index contributed by atoms with van der Waals surface area (Å²) in [4.78, 5) is 8.39. The average Bonchev–Trinajstić information content (AvgIpc) is 2.95. The van der Waals surface area contributed by atoms with Gasteiger partial charge in [-0.1, -0.05) is 0 Å². The Morgan fingerprint density at radius 3 is 2.89 bits per heavy atom. The van der Waals surface area contributed by atoms with Crippen LogP contribution < -0.4 is 0 Å². The molecule has 1 aromatic heterocycles. The largest absolute Gasteiger partial charge is 0.298 e. The van der Waals surface area contributed by atoms with Crippen molar-refractivity contribution in [1.82, 2.24) is 9.80 Å². The Morgan fingerprint density at radius 1 is 1.33 bits per heavy atom. The number of rotatable bonds is 2. The maximum atomic E-state index is 2.72. The van der Waals surface area contributed by atoms with Crippen molar-refractivity contribution in [2.24, 2.45) is 0 Å². The van der Waals surface area contributed by atoms with Crippen molar-refractivity contribution in [2.45, 2.75) is 51.7 Å². The zero-order chi connectivity index (χ0) is 12.7. The predicted octanol–water partition coefficient (Wildman–Crippen LogP) is 3.29. The van der Waals surface area contributed by atoms with Crippen LogP contribution >= 0.6 is 11.3 Å². The minimum absolute atomic E-state index is 0.585. The molecule has 3 rings (SSSR count). The van der Waals surface area contributed by atoms with Gasteiger partial charge < -0.3 is 0 Å². The van der Waals surface area contributed by atoms with Gasteiger partial charge in [0, 0.05) is 41.0 Å². The van der Waals surface area contributed by atoms with Crippen molar-refractivity contribution in [3.63, 3.8) is 0 Å². The van der Waals surface area contributed by atoms with Crippen LogP contribution in [0.1, 0.15) is 42.5 Å². The molecule has 0 radical (unpaired) electrons. The fourth-order valence-corrected chi connectivity index (χ4v) is 4.54. The summed E-state index contributed by atoms with van der Waals surface area (Å²) in [5.41, 5.74) is 0. The SMILES string of the molecule is Cc1ccc(C(C)N2CC3CCCN3CC2C)s1. The van der Waals surface area contributed by atoms with Crippen LogP contribution in [0.15, 0.2) is 12.1 Å². The van der Waals surface area contributed by atoms with E-state index in [1.807, 2.05) is 11.3 Å². The van der Waals surface area contributed by atoms with Gasteiger partial charge in [0.05, 0.1) is 0 Å². The van der Waals surface area contributed by atoms with Crippen LogP contribution in [0.4, 0.5) is 0 Å². The van der Waals surface area contributed by atoms with E-state index in [4.69, 9.17) is 0 Å². The number of thiophene rings is 1. The molecule has 3 atom stereocenters. The molecule has 2 aliphatic rings. The third-order valence-corrected chi connectivity index (χ3v) is 5.83. The molecule has 3 heterocycles. The van der Waals surface area contributed by atoms with Gasteiger partial charge in [0.1, 0.15) is 0 Å². The van der Waals surface area contributed by atoms with E-state index in [9.17, 15) is 0 Å². The lowest BCUT2D eigenvalue weighted by atomic mass is 10.0. The number of hydrogen-bond acceptors (Lipinski definition) is 3. The molecule has 2 aliphatic heterocycles. The highest BCUT2D eigenvalue weighted by atomic mass is 32.1. The average molecular weight is 264 g/mol. The van der Waals surface area contributed by atoms with E-state index in [1.165, 1.54) is 42.2 Å². The Balaban J connectivity index is 1.74. The molecule has 0 spiro atoms. The highest BCUT2D eigenvalue weighted by Crippen LogP contribution is 2.33. The van der Waals surface area contributed by atoms with Crippen molar-refractivity contribution in [3.8, 4) is 0 Å². The van der Waals surface area contributed by atoms with Crippen LogP contribution in [0.2, 0.25) is 0 Å². The van der Waals surface area contributed by atoms with Crippen LogP contribution in [-0.2, 0) is 0 Å². The van der Waals surface area contributed by atoms with E-state index in [2.05, 4.69) is 42.7 Å². The Bertz CT molecular complexity index is 414. The van der Waals surface area contributed by atoms with Crippen LogP contribution in [0, 0.1) is 6.92 Å². The molecule has 0 aliphatic carbocycles. The normalized spacial score (nSPS) is 31.5. The lowest BCUT2D eigenvalue weighted by Crippen LogP contribution is -2.55. The molecule has 3 heteroatoms. The lowest BCUT2D eigenvalue weighted by Gasteiger charge is -2.45. The minimum Gasteiger partial charge on any atom is -0.298 e. The maximum Gasteiger partial charge on any atom is 0.0417 e. The van der Waals surface area contributed by atoms with Crippen LogP contribution in [0.25, 0.3) is 0 Å². The lowest BCUT2D eigenvalue weighted by molar-refractivity contribution is 0.0335. The summed E-state index contributed by atoms with van der Waals surface area (Å²) >= 11 is 1.96. The third-order valence-electron chi connectivity index (χ3n) is 4.66. The first-order chi connectivity index (χ1) is 8.65. The highest BCUT2D eigenvalue weighted by Gasteiger charge is 2.36. The fourth-order valence-electron chi connectivity index (χ4n) is 3.59. The van der Waals surface area contributed by atoms with E-state index >= 15 is 0 Å². The Kier molecular flexibility index (Phi) is 3.48. The topological polar surface area (TPSA) is 6.48 Å². The summed E-state index contributed by atoms with van der Waals surface area (Å²) in [7, 11) is 0. The fraction of sp³-hybridized carbons (Fsp3) is 0.733. The third kappa shape index (κ3) is 2.24. The summed E-state index contributed by atoms with van der Waals surface area (Å²) in [5.74, 6) is 0. The summed E-state index contributed by atoms with van der Waals surface area (Å²) < 4.78 is 0. The number of piperazine rings is 1. The molecule has 1 aromatic rings. The molecule has 0 bridgehead atoms. The molecule has 3 unspecified atom stereocenters. The van der Waals surface area contributed by atoms with Gasteiger partial charge in [0.15, 0.2) is 0 Å². The quantitative estimate of drug-likeness (QED) is 0.809. The standard InChI is InChI=1S/C15H24N2S/c1-11-9-16-8-4-5-14(16)10-17(11)13(3)15-7-6-12(2)18-15/h6-7,11,13-14H,4-5,8-10H2,1-3H3. The molecule has 0 aromatic carbocycles. The monoisotopic (exact) mass is 264 g/mol. The van der Waals surface area contributed by atoms with Crippen LogP contribution in [0.5, 0.6) is 0 Å². The van der Waals surface area contributed by atoms with Crippen LogP contribution in [-0.4, -0.2) is 41.5 Å². The van der Waals surface area contributed by atoms with Gasteiger partial charge in [-0.15, -0.1) is 11.3 Å². The molecule has 2 nitrogen and oxygen atoms in total. The Hall–Kier alpha value is -0.380. The van der Waals surface area contributed by atoms with Crippen molar-refractivity contribution in [3.05, 3.63) is 21.9 Å². The number of aryl methyl sites for hydroxylation is 1. The number of fused-ring (bicyclic) bond motifs is 1. The molecule has 0 N–H and O–H groups in total. The van der Waals surface area contributed by atoms with Crippen LogP contribution in [0.3, 0.4) is 0 Å². The highest BCUT2D eigenvalue weighted by molar-refractivity contribution is 7.12. The van der Waals surface area contributed by atoms with Crippen molar-refractivity contribution in [2.75, 3.05) is 19.6 Å². The van der Waals surface area contributed by atoms with E-state index in [-0.39, 0.29) is 0 Å². The van der Waals surface area contributed by atoms with Crippen molar-refractivity contribution < 1.29 is 0 Å². The van der Waals surface area contributed by atoms with Crippen molar-refractivity contribution in [1.29, 1.82) is 0 Å². The molecule has 2 saturated heterocycles. The molecule has 100 valence electrons. The zero-order valence-electron chi connectivity index (χ0n) is 11.7. The molecular weight excluding hydrogens is 240 g/mol. The van der Waals surface area contributed by atoms with Gasteiger partial charge in [-0.25, -0.2) is 0 Å². The van der Waals surface area contributed by atoms with Gasteiger partial charge in [-0.3, -0.25) is 9.80 Å². The summed E-state index contributed by atoms with van der Waals surface area (Å²) in [6.07, 6.45) is 2.80. The zero-order valence-corrected chi connectivity index (χ0v) is 12.5. The van der Waals surface area contributed by atoms with Gasteiger partial charge in [-0.05, 0) is 52.3 Å². The minimum atomic E-state index is 0.585. The molecular formula is C15H24N2S. The number of nitrogens with zero attached hydrogens (tertiary/aromatic N) is 2. The second-order valence-corrected chi connectivity index (χ2v) is 7.28. The van der Waals surface area contributed by atoms with E-state index in [1.54, 1.807) is 0 Å². The van der Waals surface area contributed by atoms with Crippen molar-refractivity contribution >= 4 is 11.3 Å². The first kappa shape index (κ1) is 12.6. The second-order valence-electron chi connectivity index (χ2n) is 5.96. The van der Waals surface area contributed by atoms with Gasteiger partial charge in [0.2, 0.25) is 0 Å². The summed E-state index contributed by atoms with van der Waals surface area (Å²) in [6.45, 7) is 10.8. The number of hydrogen-bond donors (Lipinski definition) is 0. The first-order valence-corrected chi connectivity index (χ1v) is 8.03. The smallest absolute Gasteiger partial charge is 0.0417 e. The van der Waals surface area contributed by atoms with E-state index in [0.29, 0.717) is 12.1 Å². The molecule has 0 saturated carbocycles. The van der Waals surface area contributed by atoms with E-state index < -0.39 is 0 Å². The predicted molar refractivity (Wildman–Crippen MR) is 78.2 cm³/mol. The Morgan fingerprint density at radius 2 is 2.17 bits per heavy atom. The Labute approximate surface area is 115 Å². The van der Waals surface area contributed by atoms with Gasteiger partial charge in [0.25, 0.3) is 0 Å². The first-order valence-electron chi connectivity index (χ1n) is 7.21. The van der Waals surface area contributed by atoms with Gasteiger partial charge in [-0.2, -0.15) is 0 Å². The van der Waals surface area contributed by atoms with Gasteiger partial charge >= 0.3 is 0 Å². The summed E-state index contributed by atoms with van der Waals surface area (Å²) in [6, 6.07) is 6.67. The second kappa shape index (κ2) is 4.95. The maximum absolute atomic E-state index is 2.72. The summed E-state index contributed by atoms with van der Waals surface area (Å²) in [5, 5.41) is 0.